The van der Waals surface area contributed by atoms with Crippen LogP contribution >= 0.6 is 22.7 Å². The number of carbonyl (C=O) groups is 2. The minimum Gasteiger partial charge on any atom is -0.457 e. The predicted molar refractivity (Wildman–Crippen MR) is 291 cm³/mol. The summed E-state index contributed by atoms with van der Waals surface area (Å²) in [5.41, 5.74) is 0.832. The third-order valence-electron chi connectivity index (χ3n) is 15.1. The fourth-order valence-corrected chi connectivity index (χ4v) is 11.9. The molecule has 2 aliphatic carbocycles. The Labute approximate surface area is 420 Å². The number of cyclic esters (lactones) is 2. The zero-order valence-electron chi connectivity index (χ0n) is 44.1. The van der Waals surface area contributed by atoms with Gasteiger partial charge in [0, 0.05) is 34.4 Å². The van der Waals surface area contributed by atoms with Crippen molar-refractivity contribution in [2.75, 3.05) is 0 Å². The van der Waals surface area contributed by atoms with Gasteiger partial charge in [-0.15, -0.1) is 22.7 Å². The van der Waals surface area contributed by atoms with Gasteiger partial charge in [0.1, 0.15) is 22.2 Å². The lowest BCUT2D eigenvalue weighted by atomic mass is 9.77. The van der Waals surface area contributed by atoms with E-state index < -0.39 is 51.6 Å². The molecule has 0 aromatic carbocycles. The third kappa shape index (κ3) is 14.3. The molecule has 7 atom stereocenters. The molecule has 1 aliphatic heterocycles. The number of aromatic nitrogens is 2. The van der Waals surface area contributed by atoms with Gasteiger partial charge in [-0.25, -0.2) is 19.6 Å². The molecule has 2 aromatic heterocycles. The molecule has 0 spiro atoms. The van der Waals surface area contributed by atoms with Crippen molar-refractivity contribution in [2.45, 2.75) is 176 Å². The number of ether oxygens (including phenoxy) is 2. The highest BCUT2D eigenvalue weighted by atomic mass is 32.1. The monoisotopic (exact) mass is 999 g/mol. The van der Waals surface area contributed by atoms with Crippen molar-refractivity contribution < 1.29 is 27.9 Å². The van der Waals surface area contributed by atoms with E-state index in [1.807, 2.05) is 50.3 Å². The normalized spacial score (nSPS) is 27.1. The molecule has 2 fully saturated rings. The molecule has 372 valence electrons. The highest BCUT2D eigenvalue weighted by Crippen LogP contribution is 2.45. The Morgan fingerprint density at radius 2 is 1.12 bits per heavy atom. The van der Waals surface area contributed by atoms with Gasteiger partial charge in [0.05, 0.1) is 12.2 Å². The number of thiazole rings is 2. The number of allylic oxidation sites excluding steroid dienone is 10. The second kappa shape index (κ2) is 22.7. The van der Waals surface area contributed by atoms with Crippen LogP contribution in [0.3, 0.4) is 0 Å². The van der Waals surface area contributed by atoms with Crippen molar-refractivity contribution in [1.82, 2.24) is 9.97 Å². The van der Waals surface area contributed by atoms with Crippen molar-refractivity contribution in [2.24, 2.45) is 28.6 Å². The average Bonchev–Trinajstić information content (AvgIpc) is 3.54. The maximum Gasteiger partial charge on any atom is 0.358 e. The lowest BCUT2D eigenvalue weighted by molar-refractivity contribution is -0.0424. The second-order valence-corrected chi connectivity index (χ2v) is 34.4. The lowest BCUT2D eigenvalue weighted by Crippen LogP contribution is -2.51. The van der Waals surface area contributed by atoms with Crippen molar-refractivity contribution >= 4 is 63.4 Å². The van der Waals surface area contributed by atoms with Gasteiger partial charge in [0.15, 0.2) is 28.0 Å². The van der Waals surface area contributed by atoms with Crippen LogP contribution in [0.2, 0.25) is 36.3 Å². The van der Waals surface area contributed by atoms with Gasteiger partial charge in [-0.1, -0.05) is 154 Å². The molecule has 3 aliphatic rings. The molecule has 5 rings (SSSR count). The molecule has 2 saturated carbocycles. The van der Waals surface area contributed by atoms with Gasteiger partial charge in [-0.05, 0) is 99.3 Å². The quantitative estimate of drug-likeness (QED) is 0.132. The predicted octanol–water partition coefficient (Wildman–Crippen LogP) is 15.8. The maximum atomic E-state index is 14.0. The van der Waals surface area contributed by atoms with E-state index in [0.717, 1.165) is 29.3 Å². The van der Waals surface area contributed by atoms with Gasteiger partial charge >= 0.3 is 11.9 Å². The van der Waals surface area contributed by atoms with Crippen LogP contribution in [-0.2, 0) is 18.3 Å². The summed E-state index contributed by atoms with van der Waals surface area (Å²) in [5, 5.41) is 5.09. The van der Waals surface area contributed by atoms with Crippen LogP contribution in [0.1, 0.15) is 146 Å². The first-order valence-electron chi connectivity index (χ1n) is 24.7. The number of carbonyl (C=O) groups excluding carboxylic acids is 2. The van der Waals surface area contributed by atoms with E-state index in [1.54, 1.807) is 10.8 Å². The molecule has 1 unspecified atom stereocenters. The summed E-state index contributed by atoms with van der Waals surface area (Å²) < 4.78 is 27.1. The molecular formula is C56H82N2O6S2Si2. The molecule has 12 heteroatoms. The van der Waals surface area contributed by atoms with Gasteiger partial charge in [-0.2, -0.15) is 0 Å². The summed E-state index contributed by atoms with van der Waals surface area (Å²) in [5.74, 6) is 0.239. The first kappa shape index (κ1) is 55.4. The largest absolute Gasteiger partial charge is 0.457 e. The number of fused-ring (bicyclic) bond motifs is 6. The Morgan fingerprint density at radius 1 is 0.662 bits per heavy atom. The van der Waals surface area contributed by atoms with Crippen molar-refractivity contribution in [3.05, 3.63) is 117 Å². The number of hydrogen-bond acceptors (Lipinski definition) is 10. The molecule has 0 saturated heterocycles. The Hall–Kier alpha value is -3.53. The van der Waals surface area contributed by atoms with E-state index in [9.17, 15) is 9.59 Å². The fraction of sp³-hybridized carbons (Fsp3) is 0.571. The third-order valence-corrected chi connectivity index (χ3v) is 25.6. The standard InChI is InChI=1S/C56H82N2O6S2Si2/c1-17-24-47(63-67(13,14)53(3,4)5)55(9,10)45-30-21-27-39-34-35-40(39)28-23-33-50-58-44(38-66-50)52(60)62-46(56(11,12)48(25-18-2)64-68(15,16)54(6,7)8)31-22-29-42-36-41(42)26-19-20-32-49-57-43(37-65-49)51(59)61-45/h17-29,32-33,37-39,41-42,45-48H,30-31,34-36H2,1-16H3/b24-17+,25-18+,26-19+,27-21-,29-22-,32-20-,33-23-,40-28+/t39?,41-,42+,45+,46+,47+,48+/m1/s1. The molecule has 3 heterocycles. The highest BCUT2D eigenvalue weighted by molar-refractivity contribution is 7.11. The van der Waals surface area contributed by atoms with Crippen LogP contribution in [0.4, 0.5) is 0 Å². The van der Waals surface area contributed by atoms with E-state index in [0.29, 0.717) is 36.1 Å². The van der Waals surface area contributed by atoms with Gasteiger partial charge in [-0.3, -0.25) is 0 Å². The zero-order chi connectivity index (χ0) is 50.3. The van der Waals surface area contributed by atoms with Crippen molar-refractivity contribution in [3.63, 3.8) is 0 Å². The molecule has 0 radical (unpaired) electrons. The fourth-order valence-electron chi connectivity index (χ4n) is 7.81. The maximum absolute atomic E-state index is 14.0. The van der Waals surface area contributed by atoms with Crippen molar-refractivity contribution in [1.29, 1.82) is 0 Å². The summed E-state index contributed by atoms with van der Waals surface area (Å²) in [6, 6.07) is 0. The smallest absolute Gasteiger partial charge is 0.358 e. The Kier molecular flexibility index (Phi) is 18.5. The molecule has 8 nitrogen and oxygen atoms in total. The molecule has 0 amide bonds. The van der Waals surface area contributed by atoms with Gasteiger partial charge in [0.25, 0.3) is 0 Å². The molecule has 68 heavy (non-hydrogen) atoms. The first-order chi connectivity index (χ1) is 31.7. The molecule has 2 aromatic rings. The topological polar surface area (TPSA) is 96.8 Å². The number of nitrogens with zero attached hydrogens (tertiary/aromatic N) is 2. The molecule has 0 N–H and O–H groups in total. The number of hydrogen-bond donors (Lipinski definition) is 0. The Morgan fingerprint density at radius 3 is 1.56 bits per heavy atom. The molecular weight excluding hydrogens is 917 g/mol. The summed E-state index contributed by atoms with van der Waals surface area (Å²) in [7, 11) is -4.38. The van der Waals surface area contributed by atoms with Crippen LogP contribution in [-0.4, -0.2) is 63.0 Å². The van der Waals surface area contributed by atoms with Crippen molar-refractivity contribution in [3.8, 4) is 0 Å². The van der Waals surface area contributed by atoms with Crippen LogP contribution in [0, 0.1) is 28.6 Å². The minimum absolute atomic E-state index is 0.00677. The molecule has 4 bridgehead atoms. The Balaban J connectivity index is 1.45. The van der Waals surface area contributed by atoms with Gasteiger partial charge in [0.2, 0.25) is 0 Å². The van der Waals surface area contributed by atoms with E-state index >= 15 is 0 Å². The number of esters is 2. The van der Waals surface area contributed by atoms with Gasteiger partial charge < -0.3 is 18.3 Å². The van der Waals surface area contributed by atoms with E-state index in [-0.39, 0.29) is 28.2 Å². The van der Waals surface area contributed by atoms with Crippen LogP contribution in [0.15, 0.2) is 95.3 Å². The number of rotatable bonds is 10. The average molecular weight is 1000 g/mol. The lowest BCUT2D eigenvalue weighted by Gasteiger charge is -2.45. The second-order valence-electron chi connectivity index (χ2n) is 23.1. The SMILES string of the molecule is C/C=C/[C@H](O[Si](C)(C)C(C)(C)C)C(C)(C)[C@@H]1C/C=C\C2CC/C2=C\C=C/c2nc(cs2)C(=O)O[C@H](C(C)(C)[C@H](/C=C/C)O[Si](C)(C)C(C)(C)C)C/C=C\[C@H]2C[C@H]2/C=C/C=C\c2nc(cs2)C(=O)O1. The zero-order valence-corrected chi connectivity index (χ0v) is 47.7. The van der Waals surface area contributed by atoms with Crippen LogP contribution in [0.5, 0.6) is 0 Å². The summed E-state index contributed by atoms with van der Waals surface area (Å²) in [4.78, 5) is 37.4. The summed E-state index contributed by atoms with van der Waals surface area (Å²) in [6.45, 7) is 35.2. The Bertz CT molecular complexity index is 2290. The summed E-state index contributed by atoms with van der Waals surface area (Å²) >= 11 is 2.86. The summed E-state index contributed by atoms with van der Waals surface area (Å²) in [6.07, 6.45) is 34.3. The van der Waals surface area contributed by atoms with Crippen LogP contribution < -0.4 is 0 Å². The van der Waals surface area contributed by atoms with E-state index in [1.165, 1.54) is 28.2 Å². The van der Waals surface area contributed by atoms with E-state index in [4.69, 9.17) is 28.3 Å². The first-order valence-corrected chi connectivity index (χ1v) is 32.3. The minimum atomic E-state index is -2.20. The van der Waals surface area contributed by atoms with E-state index in [2.05, 4.69) is 150 Å². The van der Waals surface area contributed by atoms with Crippen LogP contribution in [0.25, 0.3) is 12.2 Å². The highest BCUT2D eigenvalue weighted by Gasteiger charge is 2.47.